The maximum absolute atomic E-state index is 11.2. The Morgan fingerprint density at radius 1 is 1.43 bits per heavy atom. The summed E-state index contributed by atoms with van der Waals surface area (Å²) < 4.78 is 23.5. The van der Waals surface area contributed by atoms with Crippen molar-refractivity contribution in [3.8, 4) is 0 Å². The number of allylic oxidation sites excluding steroid dienone is 3. The Morgan fingerprint density at radius 2 is 2.14 bits per heavy atom. The highest BCUT2D eigenvalue weighted by atomic mass is 32.2. The van der Waals surface area contributed by atoms with Gasteiger partial charge in [-0.05, 0) is 0 Å². The zero-order chi connectivity index (χ0) is 10.6. The third kappa shape index (κ3) is 3.33. The zero-order valence-corrected chi connectivity index (χ0v) is 9.11. The average molecular weight is 214 g/mol. The minimum absolute atomic E-state index is 0.141. The van der Waals surface area contributed by atoms with E-state index < -0.39 is 10.0 Å². The van der Waals surface area contributed by atoms with Crippen molar-refractivity contribution in [2.24, 2.45) is 11.0 Å². The van der Waals surface area contributed by atoms with Gasteiger partial charge in [0.1, 0.15) is 0 Å². The van der Waals surface area contributed by atoms with Crippen LogP contribution in [0.1, 0.15) is 6.92 Å². The molecule has 0 saturated carbocycles. The van der Waals surface area contributed by atoms with Gasteiger partial charge in [0.05, 0.1) is 12.8 Å². The summed E-state index contributed by atoms with van der Waals surface area (Å²) in [5, 5.41) is 3.91. The first-order chi connectivity index (χ1) is 6.50. The molecule has 1 rings (SSSR count). The zero-order valence-electron chi connectivity index (χ0n) is 8.29. The molecule has 78 valence electrons. The van der Waals surface area contributed by atoms with Crippen molar-refractivity contribution in [3.63, 3.8) is 0 Å². The second-order valence-corrected chi connectivity index (χ2v) is 5.09. The second-order valence-electron chi connectivity index (χ2n) is 3.20. The Morgan fingerprint density at radius 3 is 2.79 bits per heavy atom. The molecule has 0 aliphatic carbocycles. The highest BCUT2D eigenvalue weighted by Crippen LogP contribution is 2.03. The van der Waals surface area contributed by atoms with Crippen LogP contribution in [0.4, 0.5) is 0 Å². The Labute approximate surface area is 84.7 Å². The normalized spacial score (nSPS) is 27.6. The monoisotopic (exact) mass is 214 g/mol. The quantitative estimate of drug-likeness (QED) is 0.653. The summed E-state index contributed by atoms with van der Waals surface area (Å²) in [5.41, 5.74) is 0. The largest absolute Gasteiger partial charge is 0.247 e. The summed E-state index contributed by atoms with van der Waals surface area (Å²) in [6.07, 6.45) is 10.2. The van der Waals surface area contributed by atoms with E-state index in [-0.39, 0.29) is 12.5 Å². The average Bonchev–Trinajstić information content (AvgIpc) is 2.15. The van der Waals surface area contributed by atoms with Crippen LogP contribution in [-0.4, -0.2) is 31.8 Å². The number of sulfonamides is 1. The molecule has 0 bridgehead atoms. The molecule has 0 amide bonds. The molecule has 0 radical (unpaired) electrons. The molecule has 0 N–H and O–H groups in total. The van der Waals surface area contributed by atoms with Gasteiger partial charge >= 0.3 is 0 Å². The number of hydrogen-bond acceptors (Lipinski definition) is 3. The highest BCUT2D eigenvalue weighted by molar-refractivity contribution is 7.88. The first-order valence-electron chi connectivity index (χ1n) is 4.35. The Kier molecular flexibility index (Phi) is 3.46. The summed E-state index contributed by atoms with van der Waals surface area (Å²) in [6.45, 7) is 2.23. The van der Waals surface area contributed by atoms with E-state index in [0.717, 1.165) is 10.7 Å². The Balaban J connectivity index is 2.90. The number of rotatable bonds is 1. The molecule has 1 aliphatic rings. The van der Waals surface area contributed by atoms with Gasteiger partial charge in [-0.3, -0.25) is 0 Å². The summed E-state index contributed by atoms with van der Waals surface area (Å²) in [7, 11) is -3.25. The van der Waals surface area contributed by atoms with Crippen LogP contribution in [-0.2, 0) is 10.0 Å². The lowest BCUT2D eigenvalue weighted by atomic mass is 10.2. The predicted molar refractivity (Wildman–Crippen MR) is 57.5 cm³/mol. The summed E-state index contributed by atoms with van der Waals surface area (Å²) in [5.74, 6) is 0.141. The molecule has 1 heterocycles. The second kappa shape index (κ2) is 4.41. The van der Waals surface area contributed by atoms with Crippen LogP contribution in [0, 0.1) is 5.92 Å². The van der Waals surface area contributed by atoms with Crippen molar-refractivity contribution in [2.45, 2.75) is 6.92 Å². The molecular formula is C9H14N2O2S. The third-order valence-corrected chi connectivity index (χ3v) is 2.75. The van der Waals surface area contributed by atoms with E-state index in [1.165, 1.54) is 0 Å². The lowest BCUT2D eigenvalue weighted by Crippen LogP contribution is -2.25. The molecule has 0 spiro atoms. The van der Waals surface area contributed by atoms with Crippen molar-refractivity contribution in [1.82, 2.24) is 4.41 Å². The van der Waals surface area contributed by atoms with E-state index in [1.54, 1.807) is 12.3 Å². The molecule has 1 aliphatic heterocycles. The Bertz CT molecular complexity index is 368. The molecule has 1 unspecified atom stereocenters. The minimum Gasteiger partial charge on any atom is -0.205 e. The van der Waals surface area contributed by atoms with Gasteiger partial charge in [0.15, 0.2) is 0 Å². The lowest BCUT2D eigenvalue weighted by molar-refractivity contribution is 0.468. The van der Waals surface area contributed by atoms with Gasteiger partial charge in [0, 0.05) is 12.1 Å². The maximum atomic E-state index is 11.2. The van der Waals surface area contributed by atoms with Crippen molar-refractivity contribution >= 4 is 16.2 Å². The van der Waals surface area contributed by atoms with Crippen molar-refractivity contribution in [2.75, 3.05) is 12.8 Å². The van der Waals surface area contributed by atoms with Gasteiger partial charge in [0.2, 0.25) is 10.0 Å². The topological polar surface area (TPSA) is 49.7 Å². The molecule has 0 aromatic heterocycles. The van der Waals surface area contributed by atoms with Crippen LogP contribution in [0.15, 0.2) is 29.4 Å². The Hall–Kier alpha value is -1.10. The van der Waals surface area contributed by atoms with E-state index in [0.29, 0.717) is 0 Å². The van der Waals surface area contributed by atoms with Gasteiger partial charge in [-0.15, -0.1) is 0 Å². The van der Waals surface area contributed by atoms with Gasteiger partial charge in [-0.2, -0.15) is 9.52 Å². The number of hydrazone groups is 1. The maximum Gasteiger partial charge on any atom is 0.247 e. The summed E-state index contributed by atoms with van der Waals surface area (Å²) in [4.78, 5) is 0. The van der Waals surface area contributed by atoms with Crippen LogP contribution in [0.3, 0.4) is 0 Å². The van der Waals surface area contributed by atoms with Crippen LogP contribution in [0.25, 0.3) is 0 Å². The number of nitrogens with zero attached hydrogens (tertiary/aromatic N) is 2. The van der Waals surface area contributed by atoms with Crippen LogP contribution in [0.5, 0.6) is 0 Å². The molecule has 1 atom stereocenters. The lowest BCUT2D eigenvalue weighted by Gasteiger charge is -2.13. The van der Waals surface area contributed by atoms with Crippen LogP contribution < -0.4 is 0 Å². The minimum atomic E-state index is -3.25. The molecule has 0 aromatic carbocycles. The van der Waals surface area contributed by atoms with E-state index in [9.17, 15) is 8.42 Å². The first-order valence-corrected chi connectivity index (χ1v) is 6.20. The summed E-state index contributed by atoms with van der Waals surface area (Å²) >= 11 is 0. The molecule has 0 aromatic rings. The third-order valence-electron chi connectivity index (χ3n) is 1.74. The highest BCUT2D eigenvalue weighted by Gasteiger charge is 2.11. The molecule has 0 fully saturated rings. The van der Waals surface area contributed by atoms with Crippen molar-refractivity contribution < 1.29 is 8.42 Å². The van der Waals surface area contributed by atoms with Gasteiger partial charge in [0.25, 0.3) is 0 Å². The SMILES string of the molecule is CC1C=NN(S(C)(=O)=O)C/C=C\C=C/1. The van der Waals surface area contributed by atoms with Crippen LogP contribution >= 0.6 is 0 Å². The van der Waals surface area contributed by atoms with Gasteiger partial charge < -0.3 is 0 Å². The van der Waals surface area contributed by atoms with E-state index in [2.05, 4.69) is 5.10 Å². The molecule has 14 heavy (non-hydrogen) atoms. The van der Waals surface area contributed by atoms with Crippen molar-refractivity contribution in [3.05, 3.63) is 24.3 Å². The standard InChI is InChI=1S/C9H14N2O2S/c1-9-6-4-3-5-7-11(10-8-9)14(2,12)13/h3-6,8-9H,7H2,1-2H3/b5-3-,6-4-,10-8?. The summed E-state index contributed by atoms with van der Waals surface area (Å²) in [6, 6.07) is 0. The number of hydrogen-bond donors (Lipinski definition) is 0. The molecule has 5 heteroatoms. The van der Waals surface area contributed by atoms with E-state index in [1.807, 2.05) is 25.2 Å². The van der Waals surface area contributed by atoms with Gasteiger partial charge in [-0.25, -0.2) is 8.42 Å². The molecule has 4 nitrogen and oxygen atoms in total. The first kappa shape index (κ1) is 11.0. The molecular weight excluding hydrogens is 200 g/mol. The van der Waals surface area contributed by atoms with E-state index in [4.69, 9.17) is 0 Å². The smallest absolute Gasteiger partial charge is 0.205 e. The fraction of sp³-hybridized carbons (Fsp3) is 0.444. The van der Waals surface area contributed by atoms with Crippen molar-refractivity contribution in [1.29, 1.82) is 0 Å². The van der Waals surface area contributed by atoms with E-state index >= 15 is 0 Å². The van der Waals surface area contributed by atoms with Gasteiger partial charge in [-0.1, -0.05) is 31.2 Å². The van der Waals surface area contributed by atoms with Crippen LogP contribution in [0.2, 0.25) is 0 Å². The molecule has 0 saturated heterocycles. The fourth-order valence-electron chi connectivity index (χ4n) is 0.966. The predicted octanol–water partition coefficient (Wildman–Crippen LogP) is 0.996. The fourth-order valence-corrected chi connectivity index (χ4v) is 1.55.